The van der Waals surface area contributed by atoms with Gasteiger partial charge in [-0.3, -0.25) is 14.5 Å². The van der Waals surface area contributed by atoms with Gasteiger partial charge in [-0.2, -0.15) is 0 Å². The zero-order valence-electron chi connectivity index (χ0n) is 12.5. The molecule has 6 heteroatoms. The van der Waals surface area contributed by atoms with Crippen molar-refractivity contribution in [1.29, 1.82) is 0 Å². The van der Waals surface area contributed by atoms with Gasteiger partial charge in [-0.25, -0.2) is 4.98 Å². The molecule has 112 valence electrons. The molecule has 0 spiro atoms. The highest BCUT2D eigenvalue weighted by molar-refractivity contribution is 5.98. The molecule has 6 nitrogen and oxygen atoms in total. The number of hydrogen-bond acceptors (Lipinski definition) is 4. The number of pyridine rings is 1. The van der Waals surface area contributed by atoms with Gasteiger partial charge >= 0.3 is 0 Å². The molecule has 0 bridgehead atoms. The molecule has 0 aliphatic carbocycles. The molecule has 2 rings (SSSR count). The Bertz CT molecular complexity index is 590. The molecule has 1 N–H and O–H groups in total. The molecule has 1 aromatic rings. The Hall–Kier alpha value is -2.37. The van der Waals surface area contributed by atoms with Gasteiger partial charge in [0.25, 0.3) is 5.91 Å². The zero-order valence-corrected chi connectivity index (χ0v) is 12.5. The highest BCUT2D eigenvalue weighted by Gasteiger charge is 2.27. The summed E-state index contributed by atoms with van der Waals surface area (Å²) in [5, 5.41) is 2.74. The Morgan fingerprint density at radius 1 is 1.52 bits per heavy atom. The molecule has 1 aliphatic rings. The number of carbonyl (C=O) groups excluding carboxylic acids is 2. The molecule has 0 fully saturated rings. The molecule has 0 aromatic carbocycles. The van der Waals surface area contributed by atoms with Crippen molar-refractivity contribution < 1.29 is 14.3 Å². The van der Waals surface area contributed by atoms with E-state index in [1.165, 1.54) is 4.90 Å². The minimum absolute atomic E-state index is 0.0176. The lowest BCUT2D eigenvalue weighted by molar-refractivity contribution is -0.123. The number of nitrogens with zero attached hydrogens (tertiary/aromatic N) is 2. The molecule has 0 unspecified atom stereocenters. The van der Waals surface area contributed by atoms with Crippen LogP contribution in [0.3, 0.4) is 0 Å². The summed E-state index contributed by atoms with van der Waals surface area (Å²) in [7, 11) is 0. The highest BCUT2D eigenvalue weighted by Crippen LogP contribution is 2.31. The second-order valence-electron chi connectivity index (χ2n) is 5.80. The van der Waals surface area contributed by atoms with Crippen LogP contribution in [0.5, 0.6) is 5.75 Å². The van der Waals surface area contributed by atoms with Gasteiger partial charge in [0.05, 0.1) is 0 Å². The van der Waals surface area contributed by atoms with Crippen LogP contribution in [-0.2, 0) is 9.59 Å². The highest BCUT2D eigenvalue weighted by atomic mass is 16.5. The molecule has 0 saturated heterocycles. The fourth-order valence-electron chi connectivity index (χ4n) is 1.77. The number of hydrogen-bond donors (Lipinski definition) is 1. The van der Waals surface area contributed by atoms with Crippen LogP contribution in [0, 0.1) is 5.41 Å². The fourth-order valence-corrected chi connectivity index (χ4v) is 1.77. The van der Waals surface area contributed by atoms with E-state index in [0.717, 1.165) is 0 Å². The first kappa shape index (κ1) is 15.0. The topological polar surface area (TPSA) is 71.5 Å². The van der Waals surface area contributed by atoms with E-state index in [1.807, 2.05) is 20.8 Å². The monoisotopic (exact) mass is 289 g/mol. The maximum atomic E-state index is 12.0. The van der Waals surface area contributed by atoms with Gasteiger partial charge in [-0.1, -0.05) is 26.8 Å². The molecule has 0 atom stereocenters. The number of anilines is 2. The maximum Gasteiger partial charge on any atom is 0.266 e. The van der Waals surface area contributed by atoms with Gasteiger partial charge in [-0.05, 0) is 12.1 Å². The lowest BCUT2D eigenvalue weighted by Crippen LogP contribution is -2.39. The van der Waals surface area contributed by atoms with Gasteiger partial charge in [-0.15, -0.1) is 6.58 Å². The van der Waals surface area contributed by atoms with Crippen LogP contribution in [0.15, 0.2) is 24.8 Å². The Kier molecular flexibility index (Phi) is 3.97. The first-order valence-electron chi connectivity index (χ1n) is 6.69. The zero-order chi connectivity index (χ0) is 15.6. The van der Waals surface area contributed by atoms with Crippen LogP contribution in [-0.4, -0.2) is 29.9 Å². The van der Waals surface area contributed by atoms with Gasteiger partial charge in [0.2, 0.25) is 5.91 Å². The Morgan fingerprint density at radius 2 is 2.24 bits per heavy atom. The van der Waals surface area contributed by atoms with Crippen molar-refractivity contribution in [3.63, 3.8) is 0 Å². The average molecular weight is 289 g/mol. The third-order valence-electron chi connectivity index (χ3n) is 2.98. The van der Waals surface area contributed by atoms with Crippen LogP contribution in [0.4, 0.5) is 11.6 Å². The van der Waals surface area contributed by atoms with Crippen molar-refractivity contribution in [3.8, 4) is 5.75 Å². The van der Waals surface area contributed by atoms with E-state index in [2.05, 4.69) is 16.9 Å². The summed E-state index contributed by atoms with van der Waals surface area (Å²) in [6, 6.07) is 3.35. The first-order chi connectivity index (χ1) is 9.82. The van der Waals surface area contributed by atoms with Crippen LogP contribution in [0.2, 0.25) is 0 Å². The standard InChI is InChI=1S/C15H19N3O3/c1-5-8-18-12(19)9-21-10-6-7-11(16-13(10)18)17-14(20)15(2,3)4/h5-7H,1,8-9H2,2-4H3,(H,16,17,20). The number of ether oxygens (including phenoxy) is 1. The largest absolute Gasteiger partial charge is 0.480 e. The quantitative estimate of drug-likeness (QED) is 0.864. The summed E-state index contributed by atoms with van der Waals surface area (Å²) in [5.41, 5.74) is -0.523. The average Bonchev–Trinajstić information content (AvgIpc) is 2.41. The van der Waals surface area contributed by atoms with Gasteiger partial charge < -0.3 is 10.1 Å². The second kappa shape index (κ2) is 5.55. The summed E-state index contributed by atoms with van der Waals surface area (Å²) >= 11 is 0. The van der Waals surface area contributed by atoms with Crippen molar-refractivity contribution in [2.75, 3.05) is 23.4 Å². The van der Waals surface area contributed by atoms with Crippen LogP contribution < -0.4 is 15.0 Å². The van der Waals surface area contributed by atoms with Crippen LogP contribution >= 0.6 is 0 Å². The number of amides is 2. The van der Waals surface area contributed by atoms with Crippen LogP contribution in [0.1, 0.15) is 20.8 Å². The number of nitrogens with one attached hydrogen (secondary N) is 1. The van der Waals surface area contributed by atoms with E-state index >= 15 is 0 Å². The summed E-state index contributed by atoms with van der Waals surface area (Å²) in [6.07, 6.45) is 1.62. The van der Waals surface area contributed by atoms with Crippen molar-refractivity contribution in [2.45, 2.75) is 20.8 Å². The lowest BCUT2D eigenvalue weighted by Gasteiger charge is -2.27. The fraction of sp³-hybridized carbons (Fsp3) is 0.400. The van der Waals surface area contributed by atoms with Crippen molar-refractivity contribution in [3.05, 3.63) is 24.8 Å². The smallest absolute Gasteiger partial charge is 0.266 e. The predicted octanol–water partition coefficient (Wildman–Crippen LogP) is 1.98. The van der Waals surface area contributed by atoms with E-state index in [1.54, 1.807) is 18.2 Å². The maximum absolute atomic E-state index is 12.0. The normalized spacial score (nSPS) is 14.2. The Labute approximate surface area is 123 Å². The second-order valence-corrected chi connectivity index (χ2v) is 5.80. The lowest BCUT2D eigenvalue weighted by atomic mass is 9.96. The molecular formula is C15H19N3O3. The Morgan fingerprint density at radius 3 is 2.86 bits per heavy atom. The van der Waals surface area contributed by atoms with E-state index in [0.29, 0.717) is 23.9 Å². The molecule has 0 saturated carbocycles. The first-order valence-corrected chi connectivity index (χ1v) is 6.69. The van der Waals surface area contributed by atoms with Crippen molar-refractivity contribution in [2.24, 2.45) is 5.41 Å². The number of carbonyl (C=O) groups is 2. The van der Waals surface area contributed by atoms with E-state index < -0.39 is 5.41 Å². The van der Waals surface area contributed by atoms with Gasteiger partial charge in [0.1, 0.15) is 5.82 Å². The van der Waals surface area contributed by atoms with E-state index in [-0.39, 0.29) is 18.4 Å². The van der Waals surface area contributed by atoms with E-state index in [9.17, 15) is 9.59 Å². The molecule has 1 aromatic heterocycles. The number of aromatic nitrogens is 1. The van der Waals surface area contributed by atoms with Crippen molar-refractivity contribution >= 4 is 23.5 Å². The number of fused-ring (bicyclic) bond motifs is 1. The van der Waals surface area contributed by atoms with E-state index in [4.69, 9.17) is 4.74 Å². The third-order valence-corrected chi connectivity index (χ3v) is 2.98. The minimum atomic E-state index is -0.523. The van der Waals surface area contributed by atoms with Gasteiger partial charge in [0.15, 0.2) is 18.2 Å². The summed E-state index contributed by atoms with van der Waals surface area (Å²) < 4.78 is 5.34. The Balaban J connectivity index is 2.30. The third kappa shape index (κ3) is 3.21. The molecule has 0 radical (unpaired) electrons. The minimum Gasteiger partial charge on any atom is -0.480 e. The molecular weight excluding hydrogens is 270 g/mol. The van der Waals surface area contributed by atoms with Crippen LogP contribution in [0.25, 0.3) is 0 Å². The number of rotatable bonds is 3. The summed E-state index contributed by atoms with van der Waals surface area (Å²) in [6.45, 7) is 9.41. The van der Waals surface area contributed by atoms with Crippen molar-refractivity contribution in [1.82, 2.24) is 4.98 Å². The summed E-state index contributed by atoms with van der Waals surface area (Å²) in [5.74, 6) is 0.978. The van der Waals surface area contributed by atoms with Gasteiger partial charge in [0, 0.05) is 12.0 Å². The SMILES string of the molecule is C=CCN1C(=O)COc2ccc(NC(=O)C(C)(C)C)nc21. The molecule has 2 heterocycles. The molecule has 21 heavy (non-hydrogen) atoms. The predicted molar refractivity (Wildman–Crippen MR) is 80.4 cm³/mol. The molecule has 1 aliphatic heterocycles. The molecule has 2 amide bonds. The summed E-state index contributed by atoms with van der Waals surface area (Å²) in [4.78, 5) is 29.7.